The van der Waals surface area contributed by atoms with Crippen molar-refractivity contribution >= 4 is 23.9 Å². The van der Waals surface area contributed by atoms with Crippen molar-refractivity contribution < 1.29 is 39.6 Å². The maximum atomic E-state index is 11.8. The largest absolute Gasteiger partial charge is 0.481 e. The van der Waals surface area contributed by atoms with Crippen LogP contribution in [0.2, 0.25) is 0 Å². The summed E-state index contributed by atoms with van der Waals surface area (Å²) in [6.45, 7) is 0.132. The van der Waals surface area contributed by atoms with E-state index in [9.17, 15) is 39.6 Å². The number of rotatable bonds is 15. The lowest BCUT2D eigenvalue weighted by molar-refractivity contribution is -0.145. The topological polar surface area (TPSA) is 156 Å². The number of carbonyl (C=O) groups is 4. The molecule has 0 aromatic heterocycles. The molecule has 0 bridgehead atoms. The molecule has 0 aromatic rings. The molecular weight excluding hydrogens is 444 g/mol. The first-order valence-electron chi connectivity index (χ1n) is 12.5. The van der Waals surface area contributed by atoms with E-state index in [1.165, 1.54) is 0 Å². The van der Waals surface area contributed by atoms with Gasteiger partial charge in [0.25, 0.3) is 0 Å². The number of hydrogen-bond donors (Lipinski definition) is 4. The fourth-order valence-electron chi connectivity index (χ4n) is 6.08. The van der Waals surface area contributed by atoms with Gasteiger partial charge >= 0.3 is 23.9 Å². The van der Waals surface area contributed by atoms with Crippen LogP contribution in [-0.2, 0) is 19.2 Å². The Hall–Kier alpha value is -2.20. The maximum Gasteiger partial charge on any atom is 0.317 e. The molecule has 10 heteroatoms. The minimum absolute atomic E-state index is 0.0441. The van der Waals surface area contributed by atoms with Gasteiger partial charge in [0.05, 0.1) is 13.1 Å². The minimum atomic E-state index is -0.997. The zero-order valence-electron chi connectivity index (χ0n) is 20.0. The van der Waals surface area contributed by atoms with Crippen LogP contribution in [0, 0.1) is 0 Å². The van der Waals surface area contributed by atoms with Crippen LogP contribution in [0.1, 0.15) is 89.9 Å². The number of carboxylic acids is 4. The van der Waals surface area contributed by atoms with E-state index in [1.54, 1.807) is 0 Å². The number of hydrogen-bond acceptors (Lipinski definition) is 6. The molecule has 2 saturated carbocycles. The van der Waals surface area contributed by atoms with Crippen LogP contribution < -0.4 is 0 Å². The van der Waals surface area contributed by atoms with E-state index in [0.717, 1.165) is 64.2 Å². The standard InChI is InChI=1S/C24H40N2O8/c27-19(28)7-13-23(9-3-1-4-10-23)25(17-21(31)32)15-16-26(18-22(33)34)24(14-8-20(29)30)11-5-2-6-12-24/h1-18H2,(H,27,28)(H,29,30)(H,31,32)(H,33,34). The third-order valence-corrected chi connectivity index (χ3v) is 7.81. The first kappa shape index (κ1) is 28.0. The molecule has 4 N–H and O–H groups in total. The second-order valence-corrected chi connectivity index (χ2v) is 9.99. The summed E-state index contributed by atoms with van der Waals surface area (Å²) in [7, 11) is 0. The van der Waals surface area contributed by atoms with Crippen LogP contribution in [0.3, 0.4) is 0 Å². The van der Waals surface area contributed by atoms with Gasteiger partial charge in [-0.1, -0.05) is 38.5 Å². The van der Waals surface area contributed by atoms with Gasteiger partial charge in [-0.15, -0.1) is 0 Å². The molecule has 0 amide bonds. The third-order valence-electron chi connectivity index (χ3n) is 7.81. The summed E-state index contributed by atoms with van der Waals surface area (Å²) in [5.74, 6) is -3.82. The van der Waals surface area contributed by atoms with E-state index in [-0.39, 0.29) is 25.9 Å². The van der Waals surface area contributed by atoms with Gasteiger partial charge in [-0.3, -0.25) is 29.0 Å². The SMILES string of the molecule is O=C(O)CCC1(N(CCN(CC(=O)O)C2(CCC(=O)O)CCCCC2)CC(=O)O)CCCCC1. The summed E-state index contributed by atoms with van der Waals surface area (Å²) in [4.78, 5) is 49.9. The van der Waals surface area contributed by atoms with Crippen molar-refractivity contribution in [3.63, 3.8) is 0 Å². The molecule has 2 fully saturated rings. The first-order chi connectivity index (χ1) is 16.1. The Kier molecular flexibility index (Phi) is 10.8. The zero-order valence-corrected chi connectivity index (χ0v) is 20.0. The Morgan fingerprint density at radius 2 is 0.853 bits per heavy atom. The summed E-state index contributed by atoms with van der Waals surface area (Å²) in [6.07, 6.45) is 9.16. The van der Waals surface area contributed by atoms with Crippen LogP contribution in [0.4, 0.5) is 0 Å². The highest BCUT2D eigenvalue weighted by Gasteiger charge is 2.42. The molecule has 2 aliphatic carbocycles. The van der Waals surface area contributed by atoms with Crippen molar-refractivity contribution in [2.45, 2.75) is 101 Å². The van der Waals surface area contributed by atoms with E-state index >= 15 is 0 Å². The lowest BCUT2D eigenvalue weighted by Gasteiger charge is -2.49. The van der Waals surface area contributed by atoms with E-state index in [0.29, 0.717) is 25.9 Å². The van der Waals surface area contributed by atoms with Crippen LogP contribution in [0.15, 0.2) is 0 Å². The summed E-state index contributed by atoms with van der Waals surface area (Å²) < 4.78 is 0. The molecule has 2 aliphatic rings. The van der Waals surface area contributed by atoms with E-state index in [2.05, 4.69) is 0 Å². The quantitative estimate of drug-likeness (QED) is 0.272. The molecule has 0 aliphatic heterocycles. The van der Waals surface area contributed by atoms with Crippen molar-refractivity contribution in [1.82, 2.24) is 9.80 Å². The summed E-state index contributed by atoms with van der Waals surface area (Å²) in [5, 5.41) is 37.8. The Balaban J connectivity index is 2.29. The third kappa shape index (κ3) is 8.23. The molecule has 0 unspecified atom stereocenters. The van der Waals surface area contributed by atoms with Gasteiger partial charge in [0.2, 0.25) is 0 Å². The van der Waals surface area contributed by atoms with Gasteiger partial charge in [-0.05, 0) is 38.5 Å². The van der Waals surface area contributed by atoms with Gasteiger partial charge in [-0.25, -0.2) is 0 Å². The Bertz CT molecular complexity index is 654. The van der Waals surface area contributed by atoms with Gasteiger partial charge < -0.3 is 20.4 Å². The van der Waals surface area contributed by atoms with E-state index in [1.807, 2.05) is 9.80 Å². The monoisotopic (exact) mass is 484 g/mol. The summed E-state index contributed by atoms with van der Waals surface area (Å²) in [5.41, 5.74) is -1.07. The molecular formula is C24H40N2O8. The molecule has 0 atom stereocenters. The van der Waals surface area contributed by atoms with Crippen LogP contribution in [0.5, 0.6) is 0 Å². The fourth-order valence-corrected chi connectivity index (χ4v) is 6.08. The van der Waals surface area contributed by atoms with Crippen LogP contribution in [0.25, 0.3) is 0 Å². The van der Waals surface area contributed by atoms with Gasteiger partial charge in [0, 0.05) is 37.0 Å². The van der Waals surface area contributed by atoms with Crippen molar-refractivity contribution in [2.24, 2.45) is 0 Å². The van der Waals surface area contributed by atoms with E-state index in [4.69, 9.17) is 0 Å². The van der Waals surface area contributed by atoms with Gasteiger partial charge in [-0.2, -0.15) is 0 Å². The van der Waals surface area contributed by atoms with Crippen molar-refractivity contribution in [3.05, 3.63) is 0 Å². The number of carboxylic acid groups (broad SMARTS) is 4. The van der Waals surface area contributed by atoms with Crippen molar-refractivity contribution in [1.29, 1.82) is 0 Å². The average Bonchev–Trinajstić information content (AvgIpc) is 2.79. The lowest BCUT2D eigenvalue weighted by Crippen LogP contribution is -2.58. The molecule has 34 heavy (non-hydrogen) atoms. The van der Waals surface area contributed by atoms with Gasteiger partial charge in [0.1, 0.15) is 0 Å². The summed E-state index contributed by atoms with van der Waals surface area (Å²) >= 11 is 0. The van der Waals surface area contributed by atoms with Gasteiger partial charge in [0.15, 0.2) is 0 Å². The molecule has 0 radical (unpaired) electrons. The van der Waals surface area contributed by atoms with E-state index < -0.39 is 35.0 Å². The highest BCUT2D eigenvalue weighted by Crippen LogP contribution is 2.40. The summed E-state index contributed by atoms with van der Waals surface area (Å²) in [6, 6.07) is 0. The first-order valence-corrected chi connectivity index (χ1v) is 12.5. The highest BCUT2D eigenvalue weighted by molar-refractivity contribution is 5.70. The molecule has 0 spiro atoms. The average molecular weight is 485 g/mol. The van der Waals surface area contributed by atoms with Crippen LogP contribution >= 0.6 is 0 Å². The Labute approximate surface area is 200 Å². The maximum absolute atomic E-state index is 11.8. The van der Waals surface area contributed by atoms with Crippen molar-refractivity contribution in [2.75, 3.05) is 26.2 Å². The molecule has 194 valence electrons. The molecule has 2 rings (SSSR count). The number of aliphatic carboxylic acids is 4. The minimum Gasteiger partial charge on any atom is -0.481 e. The normalized spacial score (nSPS) is 19.7. The van der Waals surface area contributed by atoms with Crippen molar-refractivity contribution in [3.8, 4) is 0 Å². The molecule has 0 saturated heterocycles. The molecule has 0 aromatic carbocycles. The predicted molar refractivity (Wildman–Crippen MR) is 124 cm³/mol. The Morgan fingerprint density at radius 1 is 0.529 bits per heavy atom. The number of nitrogens with zero attached hydrogens (tertiary/aromatic N) is 2. The lowest BCUT2D eigenvalue weighted by atomic mass is 9.76. The fraction of sp³-hybridized carbons (Fsp3) is 0.833. The predicted octanol–water partition coefficient (Wildman–Crippen LogP) is 2.90. The molecule has 10 nitrogen and oxygen atoms in total. The second kappa shape index (κ2) is 13.0. The highest BCUT2D eigenvalue weighted by atomic mass is 16.4. The Morgan fingerprint density at radius 3 is 1.12 bits per heavy atom. The van der Waals surface area contributed by atoms with Crippen LogP contribution in [-0.4, -0.2) is 91.4 Å². The molecule has 0 heterocycles. The smallest absolute Gasteiger partial charge is 0.317 e. The second-order valence-electron chi connectivity index (χ2n) is 9.99. The zero-order chi connectivity index (χ0) is 25.2.